The van der Waals surface area contributed by atoms with Crippen molar-refractivity contribution in [2.75, 3.05) is 0 Å². The maximum Gasteiger partial charge on any atom is 0.130 e. The van der Waals surface area contributed by atoms with Crippen molar-refractivity contribution >= 4 is 8.07 Å². The number of hydrogen-bond acceptors (Lipinski definition) is 2. The lowest BCUT2D eigenvalue weighted by Gasteiger charge is -2.52. The number of aliphatic hydroxyl groups is 1. The van der Waals surface area contributed by atoms with Crippen LogP contribution in [0.15, 0.2) is 18.2 Å². The van der Waals surface area contributed by atoms with Crippen molar-refractivity contribution < 1.29 is 10.2 Å². The van der Waals surface area contributed by atoms with Crippen LogP contribution in [0.2, 0.25) is 19.6 Å². The van der Waals surface area contributed by atoms with E-state index in [1.807, 2.05) is 12.1 Å². The van der Waals surface area contributed by atoms with Crippen LogP contribution in [0.5, 0.6) is 5.75 Å². The van der Waals surface area contributed by atoms with Crippen molar-refractivity contribution in [3.8, 4) is 17.2 Å². The topological polar surface area (TPSA) is 40.5 Å². The summed E-state index contributed by atoms with van der Waals surface area (Å²) in [4.78, 5) is 0. The van der Waals surface area contributed by atoms with E-state index >= 15 is 0 Å². The number of benzene rings is 1. The molecular formula is C23H32O2Si. The van der Waals surface area contributed by atoms with E-state index in [0.717, 1.165) is 32.1 Å². The Morgan fingerprint density at radius 2 is 1.88 bits per heavy atom. The van der Waals surface area contributed by atoms with Crippen LogP contribution in [0.25, 0.3) is 0 Å². The van der Waals surface area contributed by atoms with Gasteiger partial charge < -0.3 is 10.2 Å². The Morgan fingerprint density at radius 1 is 1.12 bits per heavy atom. The van der Waals surface area contributed by atoms with Gasteiger partial charge in [-0.25, -0.2) is 0 Å². The quantitative estimate of drug-likeness (QED) is 0.507. The summed E-state index contributed by atoms with van der Waals surface area (Å²) >= 11 is 0. The Labute approximate surface area is 159 Å². The van der Waals surface area contributed by atoms with Gasteiger partial charge in [0.2, 0.25) is 0 Å². The Kier molecular flexibility index (Phi) is 4.10. The zero-order valence-electron chi connectivity index (χ0n) is 16.6. The van der Waals surface area contributed by atoms with Crippen molar-refractivity contribution in [1.82, 2.24) is 0 Å². The summed E-state index contributed by atoms with van der Waals surface area (Å²) in [6, 6.07) is 5.96. The van der Waals surface area contributed by atoms with E-state index in [1.54, 1.807) is 0 Å². The first-order chi connectivity index (χ1) is 12.1. The maximum absolute atomic E-state index is 11.5. The van der Waals surface area contributed by atoms with Crippen molar-refractivity contribution in [3.63, 3.8) is 0 Å². The van der Waals surface area contributed by atoms with Gasteiger partial charge in [0, 0.05) is 5.41 Å². The molecule has 0 aliphatic heterocycles. The minimum absolute atomic E-state index is 0.0742. The average Bonchev–Trinajstić information content (AvgIpc) is 2.84. The molecule has 0 spiro atoms. The summed E-state index contributed by atoms with van der Waals surface area (Å²) in [5, 5.41) is 21.4. The second-order valence-electron chi connectivity index (χ2n) is 10.2. The summed E-state index contributed by atoms with van der Waals surface area (Å²) in [7, 11) is -1.49. The number of rotatable bonds is 0. The highest BCUT2D eigenvalue weighted by molar-refractivity contribution is 6.83. The normalized spacial score (nSPS) is 38.6. The van der Waals surface area contributed by atoms with Gasteiger partial charge >= 0.3 is 0 Å². The maximum atomic E-state index is 11.5. The molecule has 0 unspecified atom stereocenters. The van der Waals surface area contributed by atoms with Gasteiger partial charge in [-0.2, -0.15) is 0 Å². The van der Waals surface area contributed by atoms with Crippen molar-refractivity contribution in [1.29, 1.82) is 0 Å². The molecule has 3 heteroatoms. The fourth-order valence-electron chi connectivity index (χ4n) is 6.08. The molecule has 140 valence electrons. The molecule has 2 nitrogen and oxygen atoms in total. The number of aryl methyl sites for hydroxylation is 1. The molecule has 0 radical (unpaired) electrons. The first-order valence-corrected chi connectivity index (χ1v) is 13.7. The van der Waals surface area contributed by atoms with Gasteiger partial charge in [0.15, 0.2) is 0 Å². The summed E-state index contributed by atoms with van der Waals surface area (Å²) in [5.74, 6) is 5.58. The number of aromatic hydroxyl groups is 1. The lowest BCUT2D eigenvalue weighted by Crippen LogP contribution is -2.50. The smallest absolute Gasteiger partial charge is 0.130 e. The Balaban J connectivity index is 1.66. The molecule has 3 aliphatic carbocycles. The molecular weight excluding hydrogens is 336 g/mol. The van der Waals surface area contributed by atoms with E-state index in [2.05, 4.69) is 44.1 Å². The minimum Gasteiger partial charge on any atom is -0.508 e. The van der Waals surface area contributed by atoms with Gasteiger partial charge in [-0.3, -0.25) is 0 Å². The predicted molar refractivity (Wildman–Crippen MR) is 109 cm³/mol. The van der Waals surface area contributed by atoms with Crippen LogP contribution in [-0.2, 0) is 6.42 Å². The standard InChI is InChI=1S/C23H32O2Si/c1-22-11-9-19-18-8-6-17(24)15-16(18)5-7-20(19)21(22)10-12-23(22,25)13-14-26(2,3)4/h6,8,15,19-21,24-25H,5,7,9-12H2,1-4H3/t19-,20-,21+,22+,23-/m1/s1. The molecule has 2 fully saturated rings. The molecule has 0 aromatic heterocycles. The lowest BCUT2D eigenvalue weighted by atomic mass is 9.53. The molecule has 5 atom stereocenters. The van der Waals surface area contributed by atoms with Crippen molar-refractivity contribution in [2.24, 2.45) is 17.3 Å². The van der Waals surface area contributed by atoms with Gasteiger partial charge in [0.25, 0.3) is 0 Å². The van der Waals surface area contributed by atoms with Crippen LogP contribution < -0.4 is 0 Å². The Bertz CT molecular complexity index is 784. The van der Waals surface area contributed by atoms with Crippen molar-refractivity contribution in [2.45, 2.75) is 76.6 Å². The number of fused-ring (bicyclic) bond motifs is 5. The van der Waals surface area contributed by atoms with Gasteiger partial charge in [-0.15, -0.1) is 5.54 Å². The monoisotopic (exact) mass is 368 g/mol. The molecule has 3 aliphatic rings. The van der Waals surface area contributed by atoms with E-state index in [4.69, 9.17) is 0 Å². The molecule has 4 rings (SSSR count). The zero-order valence-corrected chi connectivity index (χ0v) is 17.6. The first-order valence-electron chi connectivity index (χ1n) is 10.2. The number of phenolic OH excluding ortho intramolecular Hbond substituents is 1. The van der Waals surface area contributed by atoms with Gasteiger partial charge in [0.1, 0.15) is 19.4 Å². The van der Waals surface area contributed by atoms with Gasteiger partial charge in [-0.05, 0) is 79.5 Å². The largest absolute Gasteiger partial charge is 0.508 e. The van der Waals surface area contributed by atoms with Gasteiger partial charge in [-0.1, -0.05) is 38.6 Å². The molecule has 26 heavy (non-hydrogen) atoms. The summed E-state index contributed by atoms with van der Waals surface area (Å²) in [6.45, 7) is 9.07. The van der Waals surface area contributed by atoms with E-state index in [0.29, 0.717) is 23.5 Å². The molecule has 2 N–H and O–H groups in total. The zero-order chi connectivity index (χ0) is 18.7. The summed E-state index contributed by atoms with van der Waals surface area (Å²) in [6.07, 6.45) is 6.34. The molecule has 0 bridgehead atoms. The Hall–Kier alpha value is -1.24. The van der Waals surface area contributed by atoms with Crippen molar-refractivity contribution in [3.05, 3.63) is 29.3 Å². The molecule has 0 saturated heterocycles. The summed E-state index contributed by atoms with van der Waals surface area (Å²) < 4.78 is 0. The average molecular weight is 369 g/mol. The fraction of sp³-hybridized carbons (Fsp3) is 0.652. The highest BCUT2D eigenvalue weighted by Crippen LogP contribution is 2.64. The second-order valence-corrected chi connectivity index (χ2v) is 14.9. The SMILES string of the molecule is C[C@]12CC[C@@H]3c4ccc(O)cc4CC[C@H]3[C@@H]1CC[C@@]2(O)C#C[Si](C)(C)C. The van der Waals surface area contributed by atoms with Crippen LogP contribution >= 0.6 is 0 Å². The van der Waals surface area contributed by atoms with Gasteiger partial charge in [0.05, 0.1) is 0 Å². The third-order valence-corrected chi connectivity index (χ3v) is 8.38. The van der Waals surface area contributed by atoms with Crippen LogP contribution in [-0.4, -0.2) is 23.9 Å². The first kappa shape index (κ1) is 18.1. The fourth-order valence-corrected chi connectivity index (χ4v) is 6.66. The molecule has 0 heterocycles. The van der Waals surface area contributed by atoms with E-state index in [-0.39, 0.29) is 5.41 Å². The third kappa shape index (κ3) is 2.74. The molecule has 0 amide bonds. The van der Waals surface area contributed by atoms with Crippen LogP contribution in [0.4, 0.5) is 0 Å². The van der Waals surface area contributed by atoms with E-state index < -0.39 is 13.7 Å². The number of phenols is 1. The third-order valence-electron chi connectivity index (χ3n) is 7.51. The van der Waals surface area contributed by atoms with Crippen LogP contribution in [0, 0.1) is 28.7 Å². The minimum atomic E-state index is -1.49. The Morgan fingerprint density at radius 3 is 2.62 bits per heavy atom. The molecule has 1 aromatic carbocycles. The van der Waals surface area contributed by atoms with E-state index in [1.165, 1.54) is 17.5 Å². The highest BCUT2D eigenvalue weighted by atomic mass is 28.3. The second kappa shape index (κ2) is 5.88. The lowest BCUT2D eigenvalue weighted by molar-refractivity contribution is -0.0647. The molecule has 2 saturated carbocycles. The molecule has 1 aromatic rings. The van der Waals surface area contributed by atoms with E-state index in [9.17, 15) is 10.2 Å². The van der Waals surface area contributed by atoms with Crippen LogP contribution in [0.3, 0.4) is 0 Å². The van der Waals surface area contributed by atoms with Crippen LogP contribution in [0.1, 0.15) is 56.1 Å². The number of hydrogen-bond donors (Lipinski definition) is 2. The predicted octanol–water partition coefficient (Wildman–Crippen LogP) is 4.86. The summed E-state index contributed by atoms with van der Waals surface area (Å²) in [5.41, 5.74) is 5.37. The highest BCUT2D eigenvalue weighted by Gasteiger charge is 2.61.